The lowest BCUT2D eigenvalue weighted by Crippen LogP contribution is -2.54. The molecule has 1 saturated heterocycles. The third kappa shape index (κ3) is 3.74. The van der Waals surface area contributed by atoms with Gasteiger partial charge in [0.05, 0.1) is 17.8 Å². The molecule has 1 aromatic carbocycles. The predicted molar refractivity (Wildman–Crippen MR) is 93.5 cm³/mol. The van der Waals surface area contributed by atoms with Crippen LogP contribution in [0.3, 0.4) is 0 Å². The molecule has 1 aliphatic heterocycles. The van der Waals surface area contributed by atoms with Crippen molar-refractivity contribution in [3.05, 3.63) is 30.0 Å². The van der Waals surface area contributed by atoms with E-state index in [4.69, 9.17) is 4.74 Å². The van der Waals surface area contributed by atoms with E-state index in [2.05, 4.69) is 52.5 Å². The van der Waals surface area contributed by atoms with Gasteiger partial charge in [-0.15, -0.1) is 0 Å². The number of methoxy groups -OCH3 is 1. The Morgan fingerprint density at radius 2 is 2.13 bits per heavy atom. The quantitative estimate of drug-likeness (QED) is 0.860. The van der Waals surface area contributed by atoms with Crippen LogP contribution in [0.1, 0.15) is 32.3 Å². The number of nitrogens with zero attached hydrogens (tertiary/aromatic N) is 2. The third-order valence-corrected chi connectivity index (χ3v) is 5.07. The molecule has 0 aliphatic carbocycles. The zero-order chi connectivity index (χ0) is 16.3. The van der Waals surface area contributed by atoms with Gasteiger partial charge in [-0.1, -0.05) is 18.2 Å². The van der Waals surface area contributed by atoms with Crippen molar-refractivity contribution in [1.29, 1.82) is 0 Å². The third-order valence-electron chi connectivity index (χ3n) is 5.07. The van der Waals surface area contributed by atoms with Crippen LogP contribution in [0.25, 0.3) is 10.9 Å². The fourth-order valence-corrected chi connectivity index (χ4v) is 3.49. The SMILES string of the molecule is COC1CCN(C(C)(C)CNCc2cccc3cn[nH]c23)CC1. The summed E-state index contributed by atoms with van der Waals surface area (Å²) >= 11 is 0. The van der Waals surface area contributed by atoms with Gasteiger partial charge in [0.15, 0.2) is 0 Å². The Morgan fingerprint density at radius 1 is 1.35 bits per heavy atom. The monoisotopic (exact) mass is 316 g/mol. The molecular weight excluding hydrogens is 288 g/mol. The normalized spacial score (nSPS) is 17.9. The summed E-state index contributed by atoms with van der Waals surface area (Å²) in [6.07, 6.45) is 4.58. The van der Waals surface area contributed by atoms with Gasteiger partial charge in [0.1, 0.15) is 0 Å². The number of piperidine rings is 1. The van der Waals surface area contributed by atoms with Gasteiger partial charge in [-0.05, 0) is 32.3 Å². The highest BCUT2D eigenvalue weighted by molar-refractivity contribution is 5.81. The summed E-state index contributed by atoms with van der Waals surface area (Å²) in [5.41, 5.74) is 2.56. The molecule has 1 fully saturated rings. The molecule has 23 heavy (non-hydrogen) atoms. The number of hydrogen-bond donors (Lipinski definition) is 2. The van der Waals surface area contributed by atoms with Crippen molar-refractivity contribution in [2.24, 2.45) is 0 Å². The maximum absolute atomic E-state index is 5.47. The van der Waals surface area contributed by atoms with E-state index in [0.717, 1.165) is 44.5 Å². The lowest BCUT2D eigenvalue weighted by Gasteiger charge is -2.43. The van der Waals surface area contributed by atoms with E-state index in [1.165, 1.54) is 10.9 Å². The zero-order valence-electron chi connectivity index (χ0n) is 14.4. The van der Waals surface area contributed by atoms with Crippen LogP contribution < -0.4 is 5.32 Å². The minimum Gasteiger partial charge on any atom is -0.381 e. The highest BCUT2D eigenvalue weighted by Crippen LogP contribution is 2.22. The minimum atomic E-state index is 0.153. The number of hydrogen-bond acceptors (Lipinski definition) is 4. The van der Waals surface area contributed by atoms with Gasteiger partial charge in [0.25, 0.3) is 0 Å². The van der Waals surface area contributed by atoms with Gasteiger partial charge < -0.3 is 10.1 Å². The molecule has 2 heterocycles. The second-order valence-corrected chi connectivity index (χ2v) is 7.09. The standard InChI is InChI=1S/C18H28N4O/c1-18(2,22-9-7-16(23-3)8-10-22)13-19-11-14-5-4-6-15-12-20-21-17(14)15/h4-6,12,16,19H,7-11,13H2,1-3H3,(H,20,21). The minimum absolute atomic E-state index is 0.153. The van der Waals surface area contributed by atoms with Crippen LogP contribution in [-0.4, -0.2) is 53.5 Å². The van der Waals surface area contributed by atoms with Crippen molar-refractivity contribution in [2.75, 3.05) is 26.7 Å². The molecule has 0 radical (unpaired) electrons. The zero-order valence-corrected chi connectivity index (χ0v) is 14.4. The van der Waals surface area contributed by atoms with Crippen LogP contribution in [0.5, 0.6) is 0 Å². The first-order valence-electron chi connectivity index (χ1n) is 8.50. The number of ether oxygens (including phenoxy) is 1. The number of H-pyrrole nitrogens is 1. The van der Waals surface area contributed by atoms with E-state index in [9.17, 15) is 0 Å². The second kappa shape index (κ2) is 6.99. The molecule has 3 rings (SSSR count). The number of aromatic nitrogens is 2. The Labute approximate surface area is 138 Å². The number of fused-ring (bicyclic) bond motifs is 1. The van der Waals surface area contributed by atoms with Crippen LogP contribution in [0.4, 0.5) is 0 Å². The molecule has 0 atom stereocenters. The maximum Gasteiger partial charge on any atom is 0.0695 e. The summed E-state index contributed by atoms with van der Waals surface area (Å²) < 4.78 is 5.47. The molecule has 0 spiro atoms. The topological polar surface area (TPSA) is 53.2 Å². The molecule has 126 valence electrons. The van der Waals surface area contributed by atoms with Crippen molar-refractivity contribution >= 4 is 10.9 Å². The maximum atomic E-state index is 5.47. The van der Waals surface area contributed by atoms with Crippen LogP contribution in [0, 0.1) is 0 Å². The van der Waals surface area contributed by atoms with E-state index in [1.807, 2.05) is 13.3 Å². The summed E-state index contributed by atoms with van der Waals surface area (Å²) in [4.78, 5) is 2.58. The van der Waals surface area contributed by atoms with Crippen LogP contribution in [0.15, 0.2) is 24.4 Å². The first-order valence-corrected chi connectivity index (χ1v) is 8.50. The molecule has 1 aromatic heterocycles. The van der Waals surface area contributed by atoms with Gasteiger partial charge in [-0.3, -0.25) is 10.00 Å². The van der Waals surface area contributed by atoms with Gasteiger partial charge in [0.2, 0.25) is 0 Å². The van der Waals surface area contributed by atoms with Gasteiger partial charge in [-0.25, -0.2) is 0 Å². The molecule has 1 aliphatic rings. The first kappa shape index (κ1) is 16.4. The van der Waals surface area contributed by atoms with Crippen LogP contribution in [-0.2, 0) is 11.3 Å². The van der Waals surface area contributed by atoms with Crippen LogP contribution in [0.2, 0.25) is 0 Å². The van der Waals surface area contributed by atoms with Crippen molar-refractivity contribution in [3.8, 4) is 0 Å². The number of nitrogens with one attached hydrogen (secondary N) is 2. The smallest absolute Gasteiger partial charge is 0.0695 e. The Morgan fingerprint density at radius 3 is 2.87 bits per heavy atom. The van der Waals surface area contributed by atoms with E-state index >= 15 is 0 Å². The van der Waals surface area contributed by atoms with E-state index in [-0.39, 0.29) is 5.54 Å². The fourth-order valence-electron chi connectivity index (χ4n) is 3.49. The molecule has 2 aromatic rings. The van der Waals surface area contributed by atoms with Crippen molar-refractivity contribution in [3.63, 3.8) is 0 Å². The Kier molecular flexibility index (Phi) is 4.99. The average molecular weight is 316 g/mol. The highest BCUT2D eigenvalue weighted by Gasteiger charge is 2.30. The molecule has 5 nitrogen and oxygen atoms in total. The second-order valence-electron chi connectivity index (χ2n) is 7.09. The Bertz CT molecular complexity index is 629. The van der Waals surface area contributed by atoms with E-state index in [1.54, 1.807) is 0 Å². The van der Waals surface area contributed by atoms with E-state index in [0.29, 0.717) is 6.10 Å². The highest BCUT2D eigenvalue weighted by atomic mass is 16.5. The predicted octanol–water partition coefficient (Wildman–Crippen LogP) is 2.54. The number of aromatic amines is 1. The Hall–Kier alpha value is -1.43. The molecule has 0 saturated carbocycles. The van der Waals surface area contributed by atoms with Crippen molar-refractivity contribution < 1.29 is 4.74 Å². The van der Waals surface area contributed by atoms with Gasteiger partial charge in [0, 0.05) is 44.2 Å². The van der Waals surface area contributed by atoms with Crippen molar-refractivity contribution in [1.82, 2.24) is 20.4 Å². The molecule has 0 unspecified atom stereocenters. The number of rotatable bonds is 6. The molecule has 2 N–H and O–H groups in total. The fraction of sp³-hybridized carbons (Fsp3) is 0.611. The molecule has 5 heteroatoms. The molecular formula is C18H28N4O. The molecule has 0 amide bonds. The van der Waals surface area contributed by atoms with E-state index < -0.39 is 0 Å². The van der Waals surface area contributed by atoms with Gasteiger partial charge in [-0.2, -0.15) is 5.10 Å². The van der Waals surface area contributed by atoms with Crippen molar-refractivity contribution in [2.45, 2.75) is 44.9 Å². The number of likely N-dealkylation sites (tertiary alicyclic amines) is 1. The van der Waals surface area contributed by atoms with Gasteiger partial charge >= 0.3 is 0 Å². The number of para-hydroxylation sites is 1. The lowest BCUT2D eigenvalue weighted by atomic mass is 9.97. The summed E-state index contributed by atoms with van der Waals surface area (Å²) in [5.74, 6) is 0. The lowest BCUT2D eigenvalue weighted by molar-refractivity contribution is 0.00663. The molecule has 0 bridgehead atoms. The number of benzene rings is 1. The largest absolute Gasteiger partial charge is 0.381 e. The average Bonchev–Trinajstić information content (AvgIpc) is 3.04. The first-order chi connectivity index (χ1) is 11.1. The Balaban J connectivity index is 1.54. The summed E-state index contributed by atoms with van der Waals surface area (Å²) in [6, 6.07) is 6.34. The summed E-state index contributed by atoms with van der Waals surface area (Å²) in [6.45, 7) is 8.70. The summed E-state index contributed by atoms with van der Waals surface area (Å²) in [5, 5.41) is 12.0. The summed E-state index contributed by atoms with van der Waals surface area (Å²) in [7, 11) is 1.82. The van der Waals surface area contributed by atoms with Crippen LogP contribution >= 0.6 is 0 Å².